The predicted molar refractivity (Wildman–Crippen MR) is 86.2 cm³/mol. The van der Waals surface area contributed by atoms with Crippen molar-refractivity contribution in [2.24, 2.45) is 10.7 Å². The molecule has 1 rings (SSSR count). The Morgan fingerprint density at radius 2 is 1.79 bits per heavy atom. The third kappa shape index (κ3) is 6.75. The number of hydrogen-bond acceptors (Lipinski definition) is 9. The molecular formula is C14H22N2O7S. The van der Waals surface area contributed by atoms with Crippen LogP contribution in [-0.4, -0.2) is 60.5 Å². The van der Waals surface area contributed by atoms with E-state index in [0.29, 0.717) is 5.17 Å². The Labute approximate surface area is 144 Å². The molecule has 0 aromatic rings. The zero-order chi connectivity index (χ0) is 18.3. The minimum atomic E-state index is -0.887. The van der Waals surface area contributed by atoms with Gasteiger partial charge in [-0.15, -0.1) is 0 Å². The van der Waals surface area contributed by atoms with Gasteiger partial charge in [-0.25, -0.2) is 0 Å². The molecule has 0 bridgehead atoms. The van der Waals surface area contributed by atoms with Gasteiger partial charge in [0, 0.05) is 34.2 Å². The molecule has 136 valence electrons. The van der Waals surface area contributed by atoms with E-state index < -0.39 is 41.7 Å². The first-order valence-electron chi connectivity index (χ1n) is 7.25. The lowest BCUT2D eigenvalue weighted by molar-refractivity contribution is -0.204. The first kappa shape index (κ1) is 20.2. The highest BCUT2D eigenvalue weighted by molar-refractivity contribution is 8.14. The molecule has 1 aliphatic heterocycles. The van der Waals surface area contributed by atoms with Crippen LogP contribution in [0.5, 0.6) is 0 Å². The van der Waals surface area contributed by atoms with Crippen LogP contribution < -0.4 is 5.73 Å². The normalized spacial score (nSPS) is 27.2. The second kappa shape index (κ2) is 9.48. The van der Waals surface area contributed by atoms with Crippen LogP contribution >= 0.6 is 11.8 Å². The number of nitrogens with two attached hydrogens (primary N) is 1. The average Bonchev–Trinajstić information content (AvgIpc) is 2.46. The third-order valence-corrected chi connectivity index (χ3v) is 4.02. The van der Waals surface area contributed by atoms with Crippen molar-refractivity contribution in [3.05, 3.63) is 0 Å². The number of esters is 3. The summed E-state index contributed by atoms with van der Waals surface area (Å²) < 4.78 is 21.2. The van der Waals surface area contributed by atoms with Crippen LogP contribution in [0.4, 0.5) is 0 Å². The van der Waals surface area contributed by atoms with Crippen molar-refractivity contribution in [3.8, 4) is 0 Å². The maximum Gasteiger partial charge on any atom is 0.303 e. The van der Waals surface area contributed by atoms with E-state index in [1.54, 1.807) is 0 Å². The van der Waals surface area contributed by atoms with Gasteiger partial charge in [-0.2, -0.15) is 0 Å². The monoisotopic (exact) mass is 362 g/mol. The molecule has 0 aromatic heterocycles. The van der Waals surface area contributed by atoms with Gasteiger partial charge >= 0.3 is 17.9 Å². The van der Waals surface area contributed by atoms with Crippen molar-refractivity contribution >= 4 is 34.8 Å². The third-order valence-electron chi connectivity index (χ3n) is 3.03. The molecule has 2 N–H and O–H groups in total. The Morgan fingerprint density at radius 3 is 2.29 bits per heavy atom. The number of ether oxygens (including phenoxy) is 4. The van der Waals surface area contributed by atoms with E-state index in [1.807, 2.05) is 0 Å². The molecule has 4 unspecified atom stereocenters. The molecule has 0 radical (unpaired) electrons. The van der Waals surface area contributed by atoms with Crippen LogP contribution in [0, 0.1) is 0 Å². The molecular weight excluding hydrogens is 340 g/mol. The van der Waals surface area contributed by atoms with Gasteiger partial charge in [-0.05, 0) is 0 Å². The molecule has 0 amide bonds. The van der Waals surface area contributed by atoms with Gasteiger partial charge in [-0.1, -0.05) is 11.8 Å². The van der Waals surface area contributed by atoms with E-state index in [4.69, 9.17) is 24.7 Å². The molecule has 0 spiro atoms. The summed E-state index contributed by atoms with van der Waals surface area (Å²) in [5.41, 5.74) is 5.19. The minimum absolute atomic E-state index is 0.148. The molecule has 1 fully saturated rings. The zero-order valence-corrected chi connectivity index (χ0v) is 14.8. The number of aliphatic imine (C=N–C) groups is 1. The van der Waals surface area contributed by atoms with Crippen molar-refractivity contribution < 1.29 is 33.3 Å². The summed E-state index contributed by atoms with van der Waals surface area (Å²) in [6.45, 7) is 3.59. The number of nitrogens with zero attached hydrogens (tertiary/aromatic N) is 1. The van der Waals surface area contributed by atoms with E-state index in [9.17, 15) is 14.4 Å². The number of thioether (sulfide) groups is 1. The number of hydrogen-bond donors (Lipinski definition) is 1. The number of amidine groups is 1. The van der Waals surface area contributed by atoms with Gasteiger partial charge in [0.05, 0.1) is 0 Å². The van der Waals surface area contributed by atoms with Crippen LogP contribution in [0.25, 0.3) is 0 Å². The molecule has 24 heavy (non-hydrogen) atoms. The lowest BCUT2D eigenvalue weighted by Gasteiger charge is -2.39. The Bertz CT molecular complexity index is 511. The molecule has 1 saturated heterocycles. The summed E-state index contributed by atoms with van der Waals surface area (Å²) in [4.78, 5) is 37.6. The summed E-state index contributed by atoms with van der Waals surface area (Å²) in [7, 11) is 1.53. The summed E-state index contributed by atoms with van der Waals surface area (Å²) in [6.07, 6.45) is -2.18. The van der Waals surface area contributed by atoms with Gasteiger partial charge in [0.2, 0.25) is 0 Å². The van der Waals surface area contributed by atoms with Gasteiger partial charge < -0.3 is 24.7 Å². The average molecular weight is 362 g/mol. The van der Waals surface area contributed by atoms with Crippen molar-refractivity contribution in [1.29, 1.82) is 0 Å². The quantitative estimate of drug-likeness (QED) is 0.316. The Kier molecular flexibility index (Phi) is 7.99. The maximum atomic E-state index is 11.4. The highest BCUT2D eigenvalue weighted by atomic mass is 32.2. The second-order valence-electron chi connectivity index (χ2n) is 5.04. The van der Waals surface area contributed by atoms with E-state index in [2.05, 4.69) is 4.99 Å². The zero-order valence-electron chi connectivity index (χ0n) is 14.0. The SMILES string of the molecule is CN=C(N)SC1CC(OC(C)=O)C(OC(C)=O)C(COC(C)=O)O1. The van der Waals surface area contributed by atoms with Crippen LogP contribution in [0.15, 0.2) is 4.99 Å². The van der Waals surface area contributed by atoms with Gasteiger partial charge in [0.1, 0.15) is 24.3 Å². The fourth-order valence-electron chi connectivity index (χ4n) is 2.16. The highest BCUT2D eigenvalue weighted by Gasteiger charge is 2.44. The van der Waals surface area contributed by atoms with E-state index in [0.717, 1.165) is 11.8 Å². The standard InChI is InChI=1S/C14H22N2O7S/c1-7(17)20-6-11-13(22-9(3)19)10(21-8(2)18)5-12(23-11)24-14(15)16-4/h10-13H,5-6H2,1-4H3,(H2,15,16). The van der Waals surface area contributed by atoms with E-state index in [-0.39, 0.29) is 13.0 Å². The Balaban J connectivity index is 2.97. The van der Waals surface area contributed by atoms with E-state index in [1.165, 1.54) is 27.8 Å². The molecule has 1 heterocycles. The van der Waals surface area contributed by atoms with Crippen LogP contribution in [0.2, 0.25) is 0 Å². The molecule has 0 saturated carbocycles. The van der Waals surface area contributed by atoms with Crippen molar-refractivity contribution in [2.45, 2.75) is 50.9 Å². The number of carbonyl (C=O) groups excluding carboxylic acids is 3. The number of carbonyl (C=O) groups is 3. The first-order chi connectivity index (χ1) is 11.2. The lowest BCUT2D eigenvalue weighted by atomic mass is 10.0. The van der Waals surface area contributed by atoms with Crippen LogP contribution in [-0.2, 0) is 33.3 Å². The fourth-order valence-corrected chi connectivity index (χ4v) is 3.02. The van der Waals surface area contributed by atoms with Crippen LogP contribution in [0.3, 0.4) is 0 Å². The molecule has 1 aliphatic rings. The van der Waals surface area contributed by atoms with Gasteiger partial charge in [0.25, 0.3) is 0 Å². The van der Waals surface area contributed by atoms with Crippen molar-refractivity contribution in [1.82, 2.24) is 0 Å². The smallest absolute Gasteiger partial charge is 0.303 e. The van der Waals surface area contributed by atoms with E-state index >= 15 is 0 Å². The molecule has 0 aromatic carbocycles. The fraction of sp³-hybridized carbons (Fsp3) is 0.714. The number of rotatable bonds is 5. The molecule has 10 heteroatoms. The summed E-state index contributed by atoms with van der Waals surface area (Å²) in [6, 6.07) is 0. The second-order valence-corrected chi connectivity index (χ2v) is 6.22. The first-order valence-corrected chi connectivity index (χ1v) is 8.13. The van der Waals surface area contributed by atoms with Gasteiger partial charge in [0.15, 0.2) is 11.3 Å². The molecule has 0 aliphatic carbocycles. The van der Waals surface area contributed by atoms with Gasteiger partial charge in [-0.3, -0.25) is 19.4 Å². The minimum Gasteiger partial charge on any atom is -0.463 e. The molecule has 4 atom stereocenters. The summed E-state index contributed by atoms with van der Waals surface area (Å²) in [5.74, 6) is -1.59. The summed E-state index contributed by atoms with van der Waals surface area (Å²) in [5, 5.41) is 0.291. The topological polar surface area (TPSA) is 127 Å². The largest absolute Gasteiger partial charge is 0.463 e. The van der Waals surface area contributed by atoms with Crippen molar-refractivity contribution in [3.63, 3.8) is 0 Å². The highest BCUT2D eigenvalue weighted by Crippen LogP contribution is 2.31. The van der Waals surface area contributed by atoms with Crippen molar-refractivity contribution in [2.75, 3.05) is 13.7 Å². The Morgan fingerprint density at radius 1 is 1.17 bits per heavy atom. The predicted octanol–water partition coefficient (Wildman–Crippen LogP) is 0.206. The molecule has 9 nitrogen and oxygen atoms in total. The lowest BCUT2D eigenvalue weighted by Crippen LogP contribution is -2.53. The van der Waals surface area contributed by atoms with Crippen LogP contribution in [0.1, 0.15) is 27.2 Å². The summed E-state index contributed by atoms with van der Waals surface area (Å²) >= 11 is 1.14. The maximum absolute atomic E-state index is 11.4. The Hall–Kier alpha value is -1.81.